The Balaban J connectivity index is 3.43. The monoisotopic (exact) mass is 275 g/mol. The minimum absolute atomic E-state index is 0.0132. The van der Waals surface area contributed by atoms with Gasteiger partial charge in [-0.15, -0.1) is 0 Å². The van der Waals surface area contributed by atoms with Gasteiger partial charge >= 0.3 is 5.97 Å². The second kappa shape index (κ2) is 11.2. The Labute approximate surface area is 116 Å². The summed E-state index contributed by atoms with van der Waals surface area (Å²) in [6.07, 6.45) is 3.09. The van der Waals surface area contributed by atoms with Crippen LogP contribution in [0.1, 0.15) is 46.5 Å². The molecule has 1 atom stereocenters. The van der Waals surface area contributed by atoms with E-state index in [-0.39, 0.29) is 19.1 Å². The van der Waals surface area contributed by atoms with Gasteiger partial charge in [-0.3, -0.25) is 4.79 Å². The zero-order valence-electron chi connectivity index (χ0n) is 12.4. The van der Waals surface area contributed by atoms with Crippen LogP contribution in [0.2, 0.25) is 0 Å². The van der Waals surface area contributed by atoms with Gasteiger partial charge in [-0.05, 0) is 18.3 Å². The first-order valence-corrected chi connectivity index (χ1v) is 7.14. The second-order valence-electron chi connectivity index (χ2n) is 5.55. The van der Waals surface area contributed by atoms with E-state index in [2.05, 4.69) is 26.1 Å². The maximum absolute atomic E-state index is 11.3. The highest BCUT2D eigenvalue weighted by atomic mass is 16.5. The smallest absolute Gasteiger partial charge is 0.319 e. The molecule has 0 amide bonds. The predicted octanol–water partition coefficient (Wildman–Crippen LogP) is 1.28. The molecule has 5 nitrogen and oxygen atoms in total. The zero-order valence-corrected chi connectivity index (χ0v) is 12.4. The molecule has 0 rings (SSSR count). The SMILES string of the molecule is CC(C)CCCC(C)CCOC(=O)CNCC(O)O. The molecule has 0 aromatic carbocycles. The maximum atomic E-state index is 11.3. The second-order valence-corrected chi connectivity index (χ2v) is 5.55. The Morgan fingerprint density at radius 2 is 1.84 bits per heavy atom. The molecule has 3 N–H and O–H groups in total. The molecule has 0 aliphatic rings. The van der Waals surface area contributed by atoms with Crippen molar-refractivity contribution in [2.24, 2.45) is 11.8 Å². The zero-order chi connectivity index (χ0) is 14.7. The molecule has 0 aromatic rings. The lowest BCUT2D eigenvalue weighted by Crippen LogP contribution is -2.32. The third-order valence-electron chi connectivity index (χ3n) is 2.95. The van der Waals surface area contributed by atoms with Crippen molar-refractivity contribution in [1.29, 1.82) is 0 Å². The number of rotatable bonds is 11. The molecule has 0 bridgehead atoms. The summed E-state index contributed by atoms with van der Waals surface area (Å²) in [4.78, 5) is 11.3. The summed E-state index contributed by atoms with van der Waals surface area (Å²) < 4.78 is 5.06. The van der Waals surface area contributed by atoms with E-state index >= 15 is 0 Å². The van der Waals surface area contributed by atoms with E-state index in [9.17, 15) is 4.79 Å². The summed E-state index contributed by atoms with van der Waals surface area (Å²) in [6.45, 7) is 7.05. The topological polar surface area (TPSA) is 78.8 Å². The van der Waals surface area contributed by atoms with Crippen LogP contribution in [-0.4, -0.2) is 42.2 Å². The quantitative estimate of drug-likeness (QED) is 0.391. The molecule has 0 spiro atoms. The molecule has 0 heterocycles. The summed E-state index contributed by atoms with van der Waals surface area (Å²) >= 11 is 0. The van der Waals surface area contributed by atoms with Gasteiger partial charge in [0.05, 0.1) is 13.2 Å². The third kappa shape index (κ3) is 13.6. The van der Waals surface area contributed by atoms with Crippen LogP contribution in [0.3, 0.4) is 0 Å². The van der Waals surface area contributed by atoms with E-state index in [1.54, 1.807) is 0 Å². The van der Waals surface area contributed by atoms with Gasteiger partial charge in [-0.2, -0.15) is 0 Å². The number of nitrogens with one attached hydrogen (secondary N) is 1. The van der Waals surface area contributed by atoms with Crippen molar-refractivity contribution in [2.75, 3.05) is 19.7 Å². The molecule has 0 fully saturated rings. The van der Waals surface area contributed by atoms with E-state index in [0.717, 1.165) is 12.3 Å². The Morgan fingerprint density at radius 1 is 1.16 bits per heavy atom. The Kier molecular flexibility index (Phi) is 10.8. The van der Waals surface area contributed by atoms with Crippen LogP contribution < -0.4 is 5.32 Å². The third-order valence-corrected chi connectivity index (χ3v) is 2.95. The molecular weight excluding hydrogens is 246 g/mol. The fraction of sp³-hybridized carbons (Fsp3) is 0.929. The number of ether oxygens (including phenoxy) is 1. The molecule has 0 aromatic heterocycles. The first-order valence-electron chi connectivity index (χ1n) is 7.14. The molecule has 114 valence electrons. The number of carbonyl (C=O) groups is 1. The highest BCUT2D eigenvalue weighted by Crippen LogP contribution is 2.14. The number of aliphatic hydroxyl groups excluding tert-OH is 1. The van der Waals surface area contributed by atoms with Crippen molar-refractivity contribution in [2.45, 2.75) is 52.7 Å². The van der Waals surface area contributed by atoms with Crippen LogP contribution in [0, 0.1) is 11.8 Å². The van der Waals surface area contributed by atoms with Crippen molar-refractivity contribution in [3.05, 3.63) is 0 Å². The van der Waals surface area contributed by atoms with Gasteiger partial charge in [0.25, 0.3) is 0 Å². The van der Waals surface area contributed by atoms with Crippen LogP contribution in [0.4, 0.5) is 0 Å². The maximum Gasteiger partial charge on any atom is 0.319 e. The molecule has 0 aliphatic heterocycles. The number of hydrogen-bond donors (Lipinski definition) is 3. The average molecular weight is 275 g/mol. The van der Waals surface area contributed by atoms with Crippen LogP contribution >= 0.6 is 0 Å². The highest BCUT2D eigenvalue weighted by molar-refractivity contribution is 5.71. The van der Waals surface area contributed by atoms with Crippen LogP contribution in [0.5, 0.6) is 0 Å². The Hall–Kier alpha value is -0.650. The molecule has 1 unspecified atom stereocenters. The van der Waals surface area contributed by atoms with E-state index in [4.69, 9.17) is 14.9 Å². The van der Waals surface area contributed by atoms with Gasteiger partial charge in [0.2, 0.25) is 0 Å². The predicted molar refractivity (Wildman–Crippen MR) is 74.5 cm³/mol. The summed E-state index contributed by atoms with van der Waals surface area (Å²) in [5.74, 6) is 0.965. The average Bonchev–Trinajstić information content (AvgIpc) is 2.27. The summed E-state index contributed by atoms with van der Waals surface area (Å²) in [5, 5.41) is 19.7. The van der Waals surface area contributed by atoms with Crippen LogP contribution in [0.15, 0.2) is 0 Å². The fourth-order valence-corrected chi connectivity index (χ4v) is 1.75. The lowest BCUT2D eigenvalue weighted by atomic mass is 9.98. The molecular formula is C14H29NO4. The van der Waals surface area contributed by atoms with Crippen molar-refractivity contribution < 1.29 is 19.7 Å². The van der Waals surface area contributed by atoms with Crippen molar-refractivity contribution >= 4 is 5.97 Å². The number of esters is 1. The molecule has 5 heteroatoms. The largest absolute Gasteiger partial charge is 0.465 e. The summed E-state index contributed by atoms with van der Waals surface area (Å²) in [5.41, 5.74) is 0. The highest BCUT2D eigenvalue weighted by Gasteiger charge is 2.07. The van der Waals surface area contributed by atoms with Crippen LogP contribution in [-0.2, 0) is 9.53 Å². The first kappa shape index (κ1) is 18.4. The fourth-order valence-electron chi connectivity index (χ4n) is 1.75. The Morgan fingerprint density at radius 3 is 2.42 bits per heavy atom. The lowest BCUT2D eigenvalue weighted by molar-refractivity contribution is -0.143. The van der Waals surface area contributed by atoms with E-state index in [1.165, 1.54) is 19.3 Å². The Bertz CT molecular complexity index is 231. The van der Waals surface area contributed by atoms with Gasteiger partial charge in [-0.1, -0.05) is 40.0 Å². The molecule has 0 saturated carbocycles. The van der Waals surface area contributed by atoms with E-state index in [1.807, 2.05) is 0 Å². The minimum atomic E-state index is -1.44. The molecule has 19 heavy (non-hydrogen) atoms. The van der Waals surface area contributed by atoms with Gasteiger partial charge in [0, 0.05) is 6.54 Å². The molecule has 0 aliphatic carbocycles. The van der Waals surface area contributed by atoms with Crippen molar-refractivity contribution in [3.8, 4) is 0 Å². The normalized spacial score (nSPS) is 13.0. The number of aliphatic hydroxyl groups is 2. The van der Waals surface area contributed by atoms with Crippen molar-refractivity contribution in [3.63, 3.8) is 0 Å². The van der Waals surface area contributed by atoms with Gasteiger partial charge in [0.1, 0.15) is 0 Å². The van der Waals surface area contributed by atoms with Crippen LogP contribution in [0.25, 0.3) is 0 Å². The van der Waals surface area contributed by atoms with E-state index < -0.39 is 6.29 Å². The van der Waals surface area contributed by atoms with E-state index in [0.29, 0.717) is 12.5 Å². The number of carbonyl (C=O) groups excluding carboxylic acids is 1. The van der Waals surface area contributed by atoms with Gasteiger partial charge in [-0.25, -0.2) is 0 Å². The van der Waals surface area contributed by atoms with Crippen molar-refractivity contribution in [1.82, 2.24) is 5.32 Å². The first-order chi connectivity index (χ1) is 8.91. The summed E-state index contributed by atoms with van der Waals surface area (Å²) in [7, 11) is 0. The lowest BCUT2D eigenvalue weighted by Gasteiger charge is -2.12. The van der Waals surface area contributed by atoms with Gasteiger partial charge < -0.3 is 20.3 Å². The minimum Gasteiger partial charge on any atom is -0.465 e. The summed E-state index contributed by atoms with van der Waals surface area (Å²) in [6, 6.07) is 0. The molecule has 0 saturated heterocycles. The molecule has 0 radical (unpaired) electrons. The number of hydrogen-bond acceptors (Lipinski definition) is 5. The van der Waals surface area contributed by atoms with Gasteiger partial charge in [0.15, 0.2) is 6.29 Å². The standard InChI is InChI=1S/C14H29NO4/c1-11(2)5-4-6-12(3)7-8-19-14(18)10-15-9-13(16)17/h11-13,15-17H,4-10H2,1-3H3.